The molecule has 2 rings (SSSR count). The van der Waals surface area contributed by atoms with Gasteiger partial charge in [-0.05, 0) is 42.4 Å². The predicted molar refractivity (Wildman–Crippen MR) is 111 cm³/mol. The van der Waals surface area contributed by atoms with Crippen LogP contribution in [0.5, 0.6) is 5.75 Å². The van der Waals surface area contributed by atoms with Crippen molar-refractivity contribution >= 4 is 23.1 Å². The number of thiazole rings is 1. The van der Waals surface area contributed by atoms with Gasteiger partial charge in [0.25, 0.3) is 0 Å². The molecule has 1 atom stereocenters. The highest BCUT2D eigenvalue weighted by Crippen LogP contribution is 2.35. The van der Waals surface area contributed by atoms with E-state index < -0.39 is 0 Å². The minimum Gasteiger partial charge on any atom is -0.485 e. The number of aromatic nitrogens is 1. The number of benzene rings is 1. The third-order valence-corrected chi connectivity index (χ3v) is 6.25. The number of Topliss-reactive ketones (excluding diaryl/α,β-unsaturated/α-hetero) is 1. The molecule has 1 heterocycles. The van der Waals surface area contributed by atoms with Crippen molar-refractivity contribution < 1.29 is 19.1 Å². The Morgan fingerprint density at radius 3 is 2.43 bits per heavy atom. The van der Waals surface area contributed by atoms with Crippen LogP contribution in [0.1, 0.15) is 62.1 Å². The van der Waals surface area contributed by atoms with E-state index in [0.717, 1.165) is 6.42 Å². The van der Waals surface area contributed by atoms with Crippen LogP contribution in [0.3, 0.4) is 0 Å². The summed E-state index contributed by atoms with van der Waals surface area (Å²) in [7, 11) is 0. The summed E-state index contributed by atoms with van der Waals surface area (Å²) < 4.78 is 10.5. The van der Waals surface area contributed by atoms with Gasteiger partial charge in [-0.15, -0.1) is 11.3 Å². The molecule has 6 heteroatoms. The van der Waals surface area contributed by atoms with E-state index in [0.29, 0.717) is 29.0 Å². The maximum atomic E-state index is 12.3. The van der Waals surface area contributed by atoms with Gasteiger partial charge in [0.05, 0.1) is 18.7 Å². The molecule has 0 radical (unpaired) electrons. The van der Waals surface area contributed by atoms with Crippen LogP contribution in [-0.4, -0.2) is 30.0 Å². The van der Waals surface area contributed by atoms with Crippen LogP contribution >= 0.6 is 11.3 Å². The lowest BCUT2D eigenvalue weighted by atomic mass is 9.71. The predicted octanol–water partition coefficient (Wildman–Crippen LogP) is 4.83. The summed E-state index contributed by atoms with van der Waals surface area (Å²) in [4.78, 5) is 28.0. The minimum atomic E-state index is -0.344. The van der Waals surface area contributed by atoms with Gasteiger partial charge < -0.3 is 9.47 Å². The number of carbonyl (C=O) groups is 2. The van der Waals surface area contributed by atoms with Crippen molar-refractivity contribution in [2.45, 2.75) is 52.9 Å². The Labute approximate surface area is 171 Å². The highest BCUT2D eigenvalue weighted by atomic mass is 32.1. The molecule has 0 aliphatic carbocycles. The topological polar surface area (TPSA) is 65.5 Å². The van der Waals surface area contributed by atoms with Gasteiger partial charge in [-0.1, -0.05) is 39.8 Å². The zero-order valence-corrected chi connectivity index (χ0v) is 18.1. The van der Waals surface area contributed by atoms with E-state index in [2.05, 4.69) is 44.8 Å². The Balaban J connectivity index is 1.94. The van der Waals surface area contributed by atoms with E-state index in [1.807, 2.05) is 12.1 Å². The molecule has 0 N–H and O–H groups in total. The second-order valence-electron chi connectivity index (χ2n) is 7.29. The van der Waals surface area contributed by atoms with Crippen molar-refractivity contribution in [1.29, 1.82) is 0 Å². The van der Waals surface area contributed by atoms with Gasteiger partial charge in [-0.25, -0.2) is 4.98 Å². The summed E-state index contributed by atoms with van der Waals surface area (Å²) >= 11 is 1.22. The molecule has 1 aromatic carbocycles. The molecule has 0 aliphatic heterocycles. The second-order valence-corrected chi connectivity index (χ2v) is 8.15. The zero-order valence-electron chi connectivity index (χ0n) is 17.3. The molecule has 0 bridgehead atoms. The summed E-state index contributed by atoms with van der Waals surface area (Å²) in [5.41, 5.74) is 1.93. The summed E-state index contributed by atoms with van der Waals surface area (Å²) in [6.45, 7) is 10.9. The van der Waals surface area contributed by atoms with Gasteiger partial charge in [-0.2, -0.15) is 0 Å². The number of ketones is 1. The van der Waals surface area contributed by atoms with E-state index in [-0.39, 0.29) is 30.2 Å². The molecular formula is C22H29NO4S. The van der Waals surface area contributed by atoms with Crippen molar-refractivity contribution in [2.75, 3.05) is 13.2 Å². The molecule has 0 aliphatic rings. The number of hydrogen-bond donors (Lipinski definition) is 0. The van der Waals surface area contributed by atoms with Gasteiger partial charge in [0.15, 0.2) is 11.6 Å². The second kappa shape index (κ2) is 9.82. The molecule has 1 aromatic heterocycles. The molecular weight excluding hydrogens is 374 g/mol. The molecule has 0 fully saturated rings. The van der Waals surface area contributed by atoms with Crippen LogP contribution in [0.2, 0.25) is 0 Å². The summed E-state index contributed by atoms with van der Waals surface area (Å²) in [6.07, 6.45) is 1.13. The Hall–Kier alpha value is -2.21. The van der Waals surface area contributed by atoms with Gasteiger partial charge in [0, 0.05) is 5.38 Å². The smallest absolute Gasteiger partial charge is 0.311 e. The highest BCUT2D eigenvalue weighted by Gasteiger charge is 2.28. The Kier molecular flexibility index (Phi) is 7.75. The fourth-order valence-corrected chi connectivity index (χ4v) is 3.71. The molecule has 0 saturated heterocycles. The molecule has 152 valence electrons. The van der Waals surface area contributed by atoms with Gasteiger partial charge in [-0.3, -0.25) is 9.59 Å². The SMILES string of the molecule is CCOC(=O)Cc1csc(C(=O)COc2ccc(C(C)(CC)C(C)C)cc2)n1. The zero-order chi connectivity index (χ0) is 20.7. The number of carbonyl (C=O) groups excluding carboxylic acids is 2. The van der Waals surface area contributed by atoms with E-state index in [1.54, 1.807) is 12.3 Å². The van der Waals surface area contributed by atoms with Crippen LogP contribution in [0, 0.1) is 5.92 Å². The van der Waals surface area contributed by atoms with Crippen molar-refractivity contribution in [3.8, 4) is 5.75 Å². The van der Waals surface area contributed by atoms with Crippen LogP contribution in [-0.2, 0) is 21.4 Å². The van der Waals surface area contributed by atoms with Gasteiger partial charge >= 0.3 is 5.97 Å². The third kappa shape index (κ3) is 5.41. The summed E-state index contributed by atoms with van der Waals surface area (Å²) in [6, 6.07) is 7.97. The van der Waals surface area contributed by atoms with Crippen molar-refractivity contribution in [1.82, 2.24) is 4.98 Å². The third-order valence-electron chi connectivity index (χ3n) is 5.31. The van der Waals surface area contributed by atoms with E-state index in [4.69, 9.17) is 9.47 Å². The quantitative estimate of drug-likeness (QED) is 0.420. The highest BCUT2D eigenvalue weighted by molar-refractivity contribution is 7.11. The first-order valence-corrected chi connectivity index (χ1v) is 10.5. The van der Waals surface area contributed by atoms with Crippen molar-refractivity contribution in [2.24, 2.45) is 5.92 Å². The molecule has 5 nitrogen and oxygen atoms in total. The molecule has 0 amide bonds. The minimum absolute atomic E-state index is 0.0754. The number of hydrogen-bond acceptors (Lipinski definition) is 6. The van der Waals surface area contributed by atoms with E-state index >= 15 is 0 Å². The van der Waals surface area contributed by atoms with Gasteiger partial charge in [0.1, 0.15) is 5.75 Å². The first-order valence-electron chi connectivity index (χ1n) is 9.66. The van der Waals surface area contributed by atoms with Crippen LogP contribution < -0.4 is 4.74 Å². The van der Waals surface area contributed by atoms with Crippen LogP contribution in [0.25, 0.3) is 0 Å². The Bertz CT molecular complexity index is 797. The van der Waals surface area contributed by atoms with Crippen molar-refractivity contribution in [3.05, 3.63) is 45.9 Å². The summed E-state index contributed by atoms with van der Waals surface area (Å²) in [5.74, 6) is 0.635. The fraction of sp³-hybridized carbons (Fsp3) is 0.500. The van der Waals surface area contributed by atoms with Crippen LogP contribution in [0.15, 0.2) is 29.6 Å². The molecule has 1 unspecified atom stereocenters. The number of ether oxygens (including phenoxy) is 2. The lowest BCUT2D eigenvalue weighted by Crippen LogP contribution is -2.27. The molecule has 0 saturated carbocycles. The van der Waals surface area contributed by atoms with E-state index in [9.17, 15) is 9.59 Å². The Morgan fingerprint density at radius 1 is 1.18 bits per heavy atom. The van der Waals surface area contributed by atoms with Crippen LogP contribution in [0.4, 0.5) is 0 Å². The lowest BCUT2D eigenvalue weighted by Gasteiger charge is -2.33. The first kappa shape index (κ1) is 22.1. The first-order chi connectivity index (χ1) is 13.3. The molecule has 28 heavy (non-hydrogen) atoms. The standard InChI is InChI=1S/C22H29NO4S/c1-6-22(5,15(3)4)16-8-10-18(11-9-16)27-13-19(24)21-23-17(14-28-21)12-20(25)26-7-2/h8-11,14-15H,6-7,12-13H2,1-5H3. The largest absolute Gasteiger partial charge is 0.485 e. The number of esters is 1. The average molecular weight is 404 g/mol. The van der Waals surface area contributed by atoms with Crippen molar-refractivity contribution in [3.63, 3.8) is 0 Å². The number of rotatable bonds is 10. The summed E-state index contributed by atoms with van der Waals surface area (Å²) in [5, 5.41) is 2.05. The van der Waals surface area contributed by atoms with Gasteiger partial charge in [0.2, 0.25) is 5.78 Å². The average Bonchev–Trinajstić information content (AvgIpc) is 3.14. The maximum absolute atomic E-state index is 12.3. The maximum Gasteiger partial charge on any atom is 0.311 e. The van der Waals surface area contributed by atoms with E-state index in [1.165, 1.54) is 16.9 Å². The molecule has 0 spiro atoms. The fourth-order valence-electron chi connectivity index (χ4n) is 2.96. The monoisotopic (exact) mass is 403 g/mol. The number of nitrogens with zero attached hydrogens (tertiary/aromatic N) is 1. The Morgan fingerprint density at radius 2 is 1.86 bits per heavy atom. The normalized spacial score (nSPS) is 13.2. The lowest BCUT2D eigenvalue weighted by molar-refractivity contribution is -0.142. The molecule has 2 aromatic rings.